The molecule has 1 atom stereocenters. The van der Waals surface area contributed by atoms with Gasteiger partial charge in [0.05, 0.1) is 12.1 Å². The molecule has 1 saturated heterocycles. The molecule has 0 radical (unpaired) electrons. The number of hydrogen-bond donors (Lipinski definition) is 1. The third-order valence-corrected chi connectivity index (χ3v) is 3.45. The van der Waals surface area contributed by atoms with Crippen molar-refractivity contribution in [2.75, 3.05) is 13.2 Å². The van der Waals surface area contributed by atoms with Gasteiger partial charge in [0.15, 0.2) is 0 Å². The summed E-state index contributed by atoms with van der Waals surface area (Å²) < 4.78 is 9.65. The van der Waals surface area contributed by atoms with Crippen molar-refractivity contribution in [1.82, 2.24) is 9.36 Å². The van der Waals surface area contributed by atoms with Crippen LogP contribution in [0.5, 0.6) is 0 Å². The summed E-state index contributed by atoms with van der Waals surface area (Å²) in [7, 11) is 0. The van der Waals surface area contributed by atoms with Gasteiger partial charge in [-0.2, -0.15) is 4.37 Å². The Morgan fingerprint density at radius 1 is 1.64 bits per heavy atom. The Bertz CT molecular complexity index is 307. The fourth-order valence-electron chi connectivity index (χ4n) is 1.58. The fraction of sp³-hybridized carbons (Fsp3) is 0.778. The molecule has 1 fully saturated rings. The van der Waals surface area contributed by atoms with Crippen molar-refractivity contribution in [1.29, 1.82) is 0 Å². The highest BCUT2D eigenvalue weighted by atomic mass is 32.1. The Labute approximate surface area is 87.7 Å². The van der Waals surface area contributed by atoms with Crippen molar-refractivity contribution in [2.45, 2.75) is 31.7 Å². The van der Waals surface area contributed by atoms with Crippen LogP contribution in [0.3, 0.4) is 0 Å². The van der Waals surface area contributed by atoms with Gasteiger partial charge < -0.3 is 10.5 Å². The van der Waals surface area contributed by atoms with Gasteiger partial charge in [0.2, 0.25) is 0 Å². The van der Waals surface area contributed by atoms with Crippen LogP contribution in [0.25, 0.3) is 0 Å². The van der Waals surface area contributed by atoms with Crippen molar-refractivity contribution >= 4 is 11.5 Å². The quantitative estimate of drug-likeness (QED) is 0.798. The van der Waals surface area contributed by atoms with Gasteiger partial charge in [-0.15, -0.1) is 0 Å². The average molecular weight is 213 g/mol. The predicted molar refractivity (Wildman–Crippen MR) is 55.2 cm³/mol. The minimum absolute atomic E-state index is 0.386. The van der Waals surface area contributed by atoms with Crippen molar-refractivity contribution < 1.29 is 4.74 Å². The number of aromatic nitrogens is 2. The second kappa shape index (κ2) is 3.92. The van der Waals surface area contributed by atoms with Gasteiger partial charge >= 0.3 is 0 Å². The second-order valence-electron chi connectivity index (χ2n) is 3.68. The van der Waals surface area contributed by atoms with Crippen LogP contribution in [-0.2, 0) is 16.7 Å². The van der Waals surface area contributed by atoms with Crippen LogP contribution >= 0.6 is 11.5 Å². The van der Waals surface area contributed by atoms with E-state index in [9.17, 15) is 0 Å². The van der Waals surface area contributed by atoms with Crippen molar-refractivity contribution in [3.05, 3.63) is 10.8 Å². The van der Waals surface area contributed by atoms with Gasteiger partial charge in [-0.25, -0.2) is 4.98 Å². The number of nitrogens with zero attached hydrogens (tertiary/aromatic N) is 2. The predicted octanol–water partition coefficient (Wildman–Crippen LogP) is 1.06. The van der Waals surface area contributed by atoms with Gasteiger partial charge in [-0.1, -0.05) is 6.92 Å². The maximum Gasteiger partial charge on any atom is 0.142 e. The normalized spacial score (nSPS) is 27.9. The molecule has 14 heavy (non-hydrogen) atoms. The number of rotatable bonds is 2. The zero-order valence-corrected chi connectivity index (χ0v) is 9.14. The first-order chi connectivity index (χ1) is 6.74. The molecule has 5 heteroatoms. The van der Waals surface area contributed by atoms with E-state index < -0.39 is 0 Å². The maximum atomic E-state index is 6.23. The highest BCUT2D eigenvalue weighted by Crippen LogP contribution is 2.28. The van der Waals surface area contributed by atoms with E-state index >= 15 is 0 Å². The molecule has 2 heterocycles. The standard InChI is InChI=1S/C9H15N3OS/c1-2-7-11-8(14-12-7)9(10)4-3-5-13-6-9/h2-6,10H2,1H3. The maximum absolute atomic E-state index is 6.23. The van der Waals surface area contributed by atoms with E-state index in [2.05, 4.69) is 9.36 Å². The van der Waals surface area contributed by atoms with E-state index in [0.717, 1.165) is 36.7 Å². The van der Waals surface area contributed by atoms with Crippen LogP contribution in [0.1, 0.15) is 30.6 Å². The minimum Gasteiger partial charge on any atom is -0.379 e. The van der Waals surface area contributed by atoms with Gasteiger partial charge in [-0.05, 0) is 24.4 Å². The molecule has 0 saturated carbocycles. The largest absolute Gasteiger partial charge is 0.379 e. The molecule has 78 valence electrons. The third kappa shape index (κ3) is 1.80. The Morgan fingerprint density at radius 3 is 3.07 bits per heavy atom. The van der Waals surface area contributed by atoms with Crippen molar-refractivity contribution in [3.8, 4) is 0 Å². The summed E-state index contributed by atoms with van der Waals surface area (Å²) in [6.45, 7) is 3.44. The van der Waals surface area contributed by atoms with Crippen LogP contribution in [0, 0.1) is 0 Å². The van der Waals surface area contributed by atoms with Crippen molar-refractivity contribution in [2.24, 2.45) is 5.73 Å². The zero-order valence-electron chi connectivity index (χ0n) is 8.32. The van der Waals surface area contributed by atoms with Crippen LogP contribution < -0.4 is 5.73 Å². The molecule has 0 amide bonds. The molecule has 2 N–H and O–H groups in total. The molecule has 1 aliphatic rings. The summed E-state index contributed by atoms with van der Waals surface area (Å²) in [6, 6.07) is 0. The Morgan fingerprint density at radius 2 is 2.50 bits per heavy atom. The molecular weight excluding hydrogens is 198 g/mol. The zero-order chi connectivity index (χ0) is 10.0. The van der Waals surface area contributed by atoms with Gasteiger partial charge in [0.1, 0.15) is 10.8 Å². The number of aryl methyl sites for hydroxylation is 1. The second-order valence-corrected chi connectivity index (χ2v) is 4.43. The highest BCUT2D eigenvalue weighted by molar-refractivity contribution is 7.05. The minimum atomic E-state index is -0.386. The SMILES string of the molecule is CCc1nsc(C2(N)CCCOC2)n1. The van der Waals surface area contributed by atoms with E-state index in [1.165, 1.54) is 11.5 Å². The molecule has 2 rings (SSSR count). The average Bonchev–Trinajstić information content (AvgIpc) is 2.67. The lowest BCUT2D eigenvalue weighted by Crippen LogP contribution is -2.44. The Hall–Kier alpha value is -0.520. The molecule has 1 unspecified atom stereocenters. The van der Waals surface area contributed by atoms with E-state index in [1.54, 1.807) is 0 Å². The van der Waals surface area contributed by atoms with E-state index in [-0.39, 0.29) is 5.54 Å². The number of nitrogens with two attached hydrogens (primary N) is 1. The molecule has 1 aromatic heterocycles. The Balaban J connectivity index is 2.19. The summed E-state index contributed by atoms with van der Waals surface area (Å²) in [5.41, 5.74) is 5.85. The molecule has 4 nitrogen and oxygen atoms in total. The lowest BCUT2D eigenvalue weighted by atomic mass is 9.95. The molecule has 0 bridgehead atoms. The first-order valence-corrected chi connectivity index (χ1v) is 5.71. The molecule has 1 aromatic rings. The van der Waals surface area contributed by atoms with Crippen LogP contribution in [0.2, 0.25) is 0 Å². The summed E-state index contributed by atoms with van der Waals surface area (Å²) in [6.07, 6.45) is 2.83. The first kappa shape index (κ1) is 10.0. The lowest BCUT2D eigenvalue weighted by molar-refractivity contribution is 0.0365. The van der Waals surface area contributed by atoms with Crippen molar-refractivity contribution in [3.63, 3.8) is 0 Å². The number of ether oxygens (including phenoxy) is 1. The van der Waals surface area contributed by atoms with Gasteiger partial charge in [0.25, 0.3) is 0 Å². The fourth-order valence-corrected chi connectivity index (χ4v) is 2.44. The molecule has 0 aromatic carbocycles. The molecular formula is C9H15N3OS. The van der Waals surface area contributed by atoms with Crippen LogP contribution in [0.4, 0.5) is 0 Å². The van der Waals surface area contributed by atoms with E-state index in [4.69, 9.17) is 10.5 Å². The summed E-state index contributed by atoms with van der Waals surface area (Å²) in [5.74, 6) is 0.889. The summed E-state index contributed by atoms with van der Waals surface area (Å²) >= 11 is 1.41. The van der Waals surface area contributed by atoms with E-state index in [1.807, 2.05) is 6.92 Å². The van der Waals surface area contributed by atoms with Crippen LogP contribution in [0.15, 0.2) is 0 Å². The van der Waals surface area contributed by atoms with Gasteiger partial charge in [-0.3, -0.25) is 0 Å². The molecule has 0 aliphatic carbocycles. The third-order valence-electron chi connectivity index (χ3n) is 2.48. The molecule has 0 spiro atoms. The first-order valence-electron chi connectivity index (χ1n) is 4.94. The lowest BCUT2D eigenvalue weighted by Gasteiger charge is -2.30. The highest BCUT2D eigenvalue weighted by Gasteiger charge is 2.33. The monoisotopic (exact) mass is 213 g/mol. The summed E-state index contributed by atoms with van der Waals surface area (Å²) in [4.78, 5) is 4.43. The topological polar surface area (TPSA) is 61.0 Å². The number of hydrogen-bond acceptors (Lipinski definition) is 5. The summed E-state index contributed by atoms with van der Waals surface area (Å²) in [5, 5.41) is 0.925. The molecule has 1 aliphatic heterocycles. The van der Waals surface area contributed by atoms with Crippen LogP contribution in [-0.4, -0.2) is 22.6 Å². The van der Waals surface area contributed by atoms with Gasteiger partial charge in [0, 0.05) is 13.0 Å². The van der Waals surface area contributed by atoms with E-state index in [0.29, 0.717) is 6.61 Å². The Kier molecular flexibility index (Phi) is 2.80. The smallest absolute Gasteiger partial charge is 0.142 e.